The van der Waals surface area contributed by atoms with E-state index in [2.05, 4.69) is 17.6 Å². The Kier molecular flexibility index (Phi) is 10.5. The zero-order valence-electron chi connectivity index (χ0n) is 20.1. The van der Waals surface area contributed by atoms with Crippen molar-refractivity contribution in [2.75, 3.05) is 33.4 Å². The van der Waals surface area contributed by atoms with Crippen LogP contribution >= 0.6 is 11.6 Å². The molecule has 1 fully saturated rings. The van der Waals surface area contributed by atoms with Crippen LogP contribution in [0.3, 0.4) is 0 Å². The number of phenols is 1. The molecule has 2 aliphatic rings. The molecule has 1 saturated heterocycles. The molecule has 35 heavy (non-hydrogen) atoms. The number of benzene rings is 1. The summed E-state index contributed by atoms with van der Waals surface area (Å²) in [5, 5.41) is 10.7. The number of fused-ring (bicyclic) bond motifs is 1. The highest BCUT2D eigenvalue weighted by Gasteiger charge is 2.23. The smallest absolute Gasteiger partial charge is 0.342 e. The fraction of sp³-hybridized carbons (Fsp3) is 0.462. The Morgan fingerprint density at radius 2 is 1.89 bits per heavy atom. The van der Waals surface area contributed by atoms with Crippen molar-refractivity contribution in [1.82, 2.24) is 10.4 Å². The maximum Gasteiger partial charge on any atom is 0.342 e. The lowest BCUT2D eigenvalue weighted by Crippen LogP contribution is -2.39. The van der Waals surface area contributed by atoms with Crippen molar-refractivity contribution in [3.05, 3.63) is 52.2 Å². The van der Waals surface area contributed by atoms with Gasteiger partial charge in [0.05, 0.1) is 24.4 Å². The van der Waals surface area contributed by atoms with Crippen LogP contribution in [0.4, 0.5) is 0 Å². The van der Waals surface area contributed by atoms with Gasteiger partial charge in [0.25, 0.3) is 5.91 Å². The Hall–Kier alpha value is -2.97. The predicted molar refractivity (Wildman–Crippen MR) is 134 cm³/mol. The molecule has 0 radical (unpaired) electrons. The van der Waals surface area contributed by atoms with Crippen molar-refractivity contribution in [3.63, 3.8) is 0 Å². The van der Waals surface area contributed by atoms with Crippen molar-refractivity contribution >= 4 is 29.6 Å². The largest absolute Gasteiger partial charge is 0.507 e. The van der Waals surface area contributed by atoms with Gasteiger partial charge in [-0.1, -0.05) is 29.8 Å². The van der Waals surface area contributed by atoms with Crippen LogP contribution in [0.1, 0.15) is 60.9 Å². The minimum absolute atomic E-state index is 0.0710. The van der Waals surface area contributed by atoms with Crippen LogP contribution in [0.5, 0.6) is 11.5 Å². The minimum Gasteiger partial charge on any atom is -0.507 e. The van der Waals surface area contributed by atoms with Gasteiger partial charge in [-0.25, -0.2) is 4.79 Å². The number of nitrogens with one attached hydrogen (secondary N) is 1. The van der Waals surface area contributed by atoms with E-state index in [0.29, 0.717) is 12.1 Å². The summed E-state index contributed by atoms with van der Waals surface area (Å²) in [6.07, 6.45) is 15.6. The molecule has 9 heteroatoms. The first-order valence-corrected chi connectivity index (χ1v) is 12.3. The van der Waals surface area contributed by atoms with Crippen LogP contribution in [-0.4, -0.2) is 55.3 Å². The molecule has 0 saturated carbocycles. The van der Waals surface area contributed by atoms with Crippen LogP contribution in [0.2, 0.25) is 5.02 Å². The SMILES string of the molecule is COc1cc(O)c2c(c1Cl)/C=C(NOCC(=O)N1CCCCC1)/C=C/CCC=CCCCOC2=O. The topological polar surface area (TPSA) is 97.3 Å². The van der Waals surface area contributed by atoms with Gasteiger partial charge < -0.3 is 19.5 Å². The summed E-state index contributed by atoms with van der Waals surface area (Å²) in [6, 6.07) is 1.28. The average molecular weight is 505 g/mol. The van der Waals surface area contributed by atoms with E-state index in [9.17, 15) is 14.7 Å². The molecule has 2 N–H and O–H groups in total. The van der Waals surface area contributed by atoms with Gasteiger partial charge >= 0.3 is 5.97 Å². The number of halogens is 1. The molecule has 190 valence electrons. The monoisotopic (exact) mass is 504 g/mol. The molecule has 2 aliphatic heterocycles. The third-order valence-electron chi connectivity index (χ3n) is 5.78. The second kappa shape index (κ2) is 13.8. The standard InChI is InChI=1S/C26H33ClN2O6/c1-33-22-17-21(30)24-20(25(22)27)16-19(28-35-18-23(31)29-13-9-7-10-14-29)12-8-5-3-2-4-6-11-15-34-26(24)32/h2,4,8,12,16-17,28,30H,3,5-7,9-11,13-15,18H2,1H3/b4-2?,12-8+,19-16-. The molecule has 0 spiro atoms. The Labute approximate surface area is 211 Å². The van der Waals surface area contributed by atoms with Gasteiger partial charge in [0.1, 0.15) is 17.1 Å². The number of nitrogens with zero attached hydrogens (tertiary/aromatic N) is 1. The molecule has 1 amide bonds. The number of aromatic hydroxyl groups is 1. The number of carbonyl (C=O) groups is 2. The normalized spacial score (nSPS) is 19.9. The number of cyclic esters (lactones) is 1. The molecule has 0 bridgehead atoms. The number of piperidine rings is 1. The number of hydroxylamine groups is 1. The van der Waals surface area contributed by atoms with E-state index in [0.717, 1.165) is 51.6 Å². The summed E-state index contributed by atoms with van der Waals surface area (Å²) in [5.74, 6) is -0.887. The summed E-state index contributed by atoms with van der Waals surface area (Å²) in [4.78, 5) is 32.6. The lowest BCUT2D eigenvalue weighted by molar-refractivity contribution is -0.139. The van der Waals surface area contributed by atoms with E-state index in [4.69, 9.17) is 25.9 Å². The number of likely N-dealkylation sites (tertiary alicyclic amines) is 1. The van der Waals surface area contributed by atoms with Crippen LogP contribution in [0.15, 0.2) is 36.1 Å². The predicted octanol–water partition coefficient (Wildman–Crippen LogP) is 4.77. The molecule has 1 aromatic rings. The third-order valence-corrected chi connectivity index (χ3v) is 6.17. The number of carbonyl (C=O) groups excluding carboxylic acids is 2. The van der Waals surface area contributed by atoms with Gasteiger partial charge in [-0.3, -0.25) is 15.1 Å². The number of esters is 1. The summed E-state index contributed by atoms with van der Waals surface area (Å²) >= 11 is 6.54. The molecular formula is C26H33ClN2O6. The number of rotatable bonds is 5. The number of ether oxygens (including phenoxy) is 2. The first-order valence-electron chi connectivity index (χ1n) is 12.0. The highest BCUT2D eigenvalue weighted by Crippen LogP contribution is 2.38. The number of hydrogen-bond donors (Lipinski definition) is 2. The van der Waals surface area contributed by atoms with Crippen LogP contribution in [0.25, 0.3) is 6.08 Å². The van der Waals surface area contributed by atoms with Crippen molar-refractivity contribution in [3.8, 4) is 11.5 Å². The molecule has 2 heterocycles. The Morgan fingerprint density at radius 1 is 1.14 bits per heavy atom. The molecule has 8 nitrogen and oxygen atoms in total. The highest BCUT2D eigenvalue weighted by molar-refractivity contribution is 6.34. The second-order valence-corrected chi connectivity index (χ2v) is 8.74. The summed E-state index contributed by atoms with van der Waals surface area (Å²) in [6.45, 7) is 1.55. The van der Waals surface area contributed by atoms with Gasteiger partial charge in [-0.05, 0) is 57.1 Å². The van der Waals surface area contributed by atoms with Crippen molar-refractivity contribution in [2.45, 2.75) is 44.9 Å². The molecule has 0 atom stereocenters. The van der Waals surface area contributed by atoms with Crippen molar-refractivity contribution < 1.29 is 29.0 Å². The van der Waals surface area contributed by atoms with E-state index in [1.165, 1.54) is 13.2 Å². The number of hydrogen-bond acceptors (Lipinski definition) is 7. The van der Waals surface area contributed by atoms with Crippen LogP contribution < -0.4 is 10.2 Å². The van der Waals surface area contributed by atoms with E-state index in [-0.39, 0.29) is 46.8 Å². The quantitative estimate of drug-likeness (QED) is 0.338. The molecule has 0 unspecified atom stereocenters. The number of allylic oxidation sites excluding steroid dienone is 4. The third kappa shape index (κ3) is 7.77. The lowest BCUT2D eigenvalue weighted by atomic mass is 10.0. The molecule has 3 rings (SSSR count). The van der Waals surface area contributed by atoms with Gasteiger partial charge in [-0.2, -0.15) is 0 Å². The summed E-state index contributed by atoms with van der Waals surface area (Å²) < 4.78 is 10.7. The van der Waals surface area contributed by atoms with Crippen molar-refractivity contribution in [1.29, 1.82) is 0 Å². The maximum atomic E-state index is 12.9. The van der Waals surface area contributed by atoms with E-state index in [1.54, 1.807) is 17.1 Å². The fourth-order valence-corrected chi connectivity index (χ4v) is 4.18. The zero-order valence-corrected chi connectivity index (χ0v) is 20.8. The maximum absolute atomic E-state index is 12.9. The number of amides is 1. The first-order chi connectivity index (χ1) is 17.0. The molecule has 0 aromatic heterocycles. The molecule has 0 aliphatic carbocycles. The van der Waals surface area contributed by atoms with Gasteiger partial charge in [-0.15, -0.1) is 0 Å². The second-order valence-electron chi connectivity index (χ2n) is 8.36. The van der Waals surface area contributed by atoms with Crippen LogP contribution in [0, 0.1) is 0 Å². The van der Waals surface area contributed by atoms with Gasteiger partial charge in [0.2, 0.25) is 0 Å². The highest BCUT2D eigenvalue weighted by atomic mass is 35.5. The summed E-state index contributed by atoms with van der Waals surface area (Å²) in [5.41, 5.74) is 3.39. The van der Waals surface area contributed by atoms with Crippen molar-refractivity contribution in [2.24, 2.45) is 0 Å². The Balaban J connectivity index is 1.89. The molecule has 1 aromatic carbocycles. The van der Waals surface area contributed by atoms with E-state index >= 15 is 0 Å². The van der Waals surface area contributed by atoms with E-state index < -0.39 is 5.97 Å². The number of methoxy groups -OCH3 is 1. The fourth-order valence-electron chi connectivity index (χ4n) is 3.90. The summed E-state index contributed by atoms with van der Waals surface area (Å²) in [7, 11) is 1.42. The zero-order chi connectivity index (χ0) is 25.0. The van der Waals surface area contributed by atoms with Gasteiger partial charge in [0, 0.05) is 24.7 Å². The first kappa shape index (κ1) is 26.6. The minimum atomic E-state index is -0.693. The van der Waals surface area contributed by atoms with Crippen LogP contribution in [-0.2, 0) is 14.4 Å². The van der Waals surface area contributed by atoms with E-state index in [1.807, 2.05) is 6.08 Å². The number of phenolic OH excluding ortho intramolecular Hbond substituents is 1. The Bertz CT molecular complexity index is 983. The average Bonchev–Trinajstić information content (AvgIpc) is 2.87. The van der Waals surface area contributed by atoms with Gasteiger partial charge in [0.15, 0.2) is 6.61 Å². The molecular weight excluding hydrogens is 472 g/mol. The Morgan fingerprint density at radius 3 is 2.66 bits per heavy atom. The lowest BCUT2D eigenvalue weighted by Gasteiger charge is -2.26.